The lowest BCUT2D eigenvalue weighted by Crippen LogP contribution is -2.21. The molecule has 1 rings (SSSR count). The second-order valence-electron chi connectivity index (χ2n) is 5.22. The van der Waals surface area contributed by atoms with Gasteiger partial charge in [0.05, 0.1) is 12.2 Å². The fourth-order valence-electron chi connectivity index (χ4n) is 2.22. The molecule has 0 aliphatic rings. The summed E-state index contributed by atoms with van der Waals surface area (Å²) in [6, 6.07) is 0. The molecule has 0 atom stereocenters. The van der Waals surface area contributed by atoms with E-state index >= 15 is 0 Å². The monoisotopic (exact) mass is 297 g/mol. The van der Waals surface area contributed by atoms with E-state index < -0.39 is 0 Å². The van der Waals surface area contributed by atoms with E-state index in [1.807, 2.05) is 11.3 Å². The molecule has 0 aliphatic carbocycles. The van der Waals surface area contributed by atoms with Crippen molar-refractivity contribution in [3.63, 3.8) is 0 Å². The Balaban J connectivity index is 2.63. The van der Waals surface area contributed by atoms with Crippen LogP contribution in [0.2, 0.25) is 0 Å². The Hall–Kier alpha value is -0.450. The zero-order valence-electron chi connectivity index (χ0n) is 13.7. The predicted octanol–water partition coefficient (Wildman–Crippen LogP) is 3.83. The van der Waals surface area contributed by atoms with Gasteiger partial charge in [-0.3, -0.25) is 4.90 Å². The number of hydrogen-bond donors (Lipinski definition) is 1. The van der Waals surface area contributed by atoms with Crippen LogP contribution in [0, 0.1) is 0 Å². The first kappa shape index (κ1) is 17.6. The molecule has 0 radical (unpaired) electrons. The highest BCUT2D eigenvalue weighted by Crippen LogP contribution is 2.21. The third kappa shape index (κ3) is 5.90. The van der Waals surface area contributed by atoms with E-state index in [1.165, 1.54) is 34.8 Å². The van der Waals surface area contributed by atoms with Gasteiger partial charge in [0.2, 0.25) is 0 Å². The summed E-state index contributed by atoms with van der Waals surface area (Å²) >= 11 is 1.90. The Morgan fingerprint density at radius 3 is 2.45 bits per heavy atom. The third-order valence-corrected chi connectivity index (χ3v) is 4.64. The Kier molecular flexibility index (Phi) is 9.07. The van der Waals surface area contributed by atoms with Gasteiger partial charge in [-0.05, 0) is 32.5 Å². The van der Waals surface area contributed by atoms with Crippen LogP contribution in [0.25, 0.3) is 0 Å². The fourth-order valence-corrected chi connectivity index (χ4v) is 3.34. The molecule has 1 N–H and O–H groups in total. The molecule has 0 spiro atoms. The Bertz CT molecular complexity index is 359. The molecule has 1 heterocycles. The highest BCUT2D eigenvalue weighted by Gasteiger charge is 2.12. The van der Waals surface area contributed by atoms with Gasteiger partial charge in [-0.1, -0.05) is 40.5 Å². The van der Waals surface area contributed by atoms with Gasteiger partial charge in [0.1, 0.15) is 5.01 Å². The quantitative estimate of drug-likeness (QED) is 0.629. The molecule has 0 saturated heterocycles. The van der Waals surface area contributed by atoms with Gasteiger partial charge < -0.3 is 5.32 Å². The summed E-state index contributed by atoms with van der Waals surface area (Å²) in [5.74, 6) is 0. The standard InChI is InChI=1S/C16H31N3S/c1-5-9-11-17-12-15-14(10-6-2)18-16(20-15)13-19(7-3)8-4/h17H,5-13H2,1-4H3. The van der Waals surface area contributed by atoms with Crippen LogP contribution in [-0.2, 0) is 19.5 Å². The lowest BCUT2D eigenvalue weighted by atomic mass is 10.2. The van der Waals surface area contributed by atoms with Crippen molar-refractivity contribution >= 4 is 11.3 Å². The van der Waals surface area contributed by atoms with Gasteiger partial charge in [0.15, 0.2) is 0 Å². The van der Waals surface area contributed by atoms with Crippen molar-refractivity contribution in [3.05, 3.63) is 15.6 Å². The van der Waals surface area contributed by atoms with Crippen molar-refractivity contribution in [2.24, 2.45) is 0 Å². The van der Waals surface area contributed by atoms with E-state index in [9.17, 15) is 0 Å². The summed E-state index contributed by atoms with van der Waals surface area (Å²) < 4.78 is 0. The van der Waals surface area contributed by atoms with Crippen molar-refractivity contribution in [2.45, 2.75) is 66.5 Å². The third-order valence-electron chi connectivity index (χ3n) is 3.56. The van der Waals surface area contributed by atoms with Crippen LogP contribution >= 0.6 is 11.3 Å². The maximum absolute atomic E-state index is 4.87. The normalized spacial score (nSPS) is 11.4. The molecule has 0 fully saturated rings. The molecular formula is C16H31N3S. The number of rotatable bonds is 11. The highest BCUT2D eigenvalue weighted by atomic mass is 32.1. The molecule has 0 saturated carbocycles. The van der Waals surface area contributed by atoms with E-state index in [4.69, 9.17) is 4.98 Å². The maximum atomic E-state index is 4.87. The first-order valence-corrected chi connectivity index (χ1v) is 8.97. The summed E-state index contributed by atoms with van der Waals surface area (Å²) in [5.41, 5.74) is 1.32. The summed E-state index contributed by atoms with van der Waals surface area (Å²) in [5, 5.41) is 4.83. The summed E-state index contributed by atoms with van der Waals surface area (Å²) in [6.07, 6.45) is 4.80. The maximum Gasteiger partial charge on any atom is 0.107 e. The van der Waals surface area contributed by atoms with Crippen LogP contribution < -0.4 is 5.32 Å². The molecule has 1 aromatic rings. The van der Waals surface area contributed by atoms with Crippen molar-refractivity contribution < 1.29 is 0 Å². The lowest BCUT2D eigenvalue weighted by molar-refractivity contribution is 0.295. The van der Waals surface area contributed by atoms with Crippen molar-refractivity contribution in [3.8, 4) is 0 Å². The second-order valence-corrected chi connectivity index (χ2v) is 6.39. The van der Waals surface area contributed by atoms with Crippen molar-refractivity contribution in [1.82, 2.24) is 15.2 Å². The van der Waals surface area contributed by atoms with E-state index in [2.05, 4.69) is 37.9 Å². The van der Waals surface area contributed by atoms with E-state index in [0.717, 1.165) is 39.1 Å². The number of hydrogen-bond acceptors (Lipinski definition) is 4. The minimum atomic E-state index is 0.991. The topological polar surface area (TPSA) is 28.2 Å². The van der Waals surface area contributed by atoms with Crippen LogP contribution in [0.15, 0.2) is 0 Å². The Morgan fingerprint density at radius 1 is 1.10 bits per heavy atom. The summed E-state index contributed by atoms with van der Waals surface area (Å²) in [4.78, 5) is 8.75. The van der Waals surface area contributed by atoms with Crippen molar-refractivity contribution in [1.29, 1.82) is 0 Å². The number of nitrogens with one attached hydrogen (secondary N) is 1. The smallest absolute Gasteiger partial charge is 0.107 e. The zero-order valence-corrected chi connectivity index (χ0v) is 14.5. The van der Waals surface area contributed by atoms with Gasteiger partial charge in [0.25, 0.3) is 0 Å². The van der Waals surface area contributed by atoms with Crippen LogP contribution in [0.3, 0.4) is 0 Å². The molecule has 4 heteroatoms. The average molecular weight is 298 g/mol. The molecule has 3 nitrogen and oxygen atoms in total. The number of aromatic nitrogens is 1. The number of thiazole rings is 1. The fraction of sp³-hybridized carbons (Fsp3) is 0.812. The molecule has 0 aliphatic heterocycles. The number of nitrogens with zero attached hydrogens (tertiary/aromatic N) is 2. The zero-order chi connectivity index (χ0) is 14.8. The van der Waals surface area contributed by atoms with E-state index in [-0.39, 0.29) is 0 Å². The molecule has 116 valence electrons. The number of aryl methyl sites for hydroxylation is 1. The molecule has 20 heavy (non-hydrogen) atoms. The highest BCUT2D eigenvalue weighted by molar-refractivity contribution is 7.11. The Labute approximate surface area is 128 Å². The van der Waals surface area contributed by atoms with Gasteiger partial charge in [-0.25, -0.2) is 4.98 Å². The van der Waals surface area contributed by atoms with Gasteiger partial charge in [-0.2, -0.15) is 0 Å². The molecule has 1 aromatic heterocycles. The average Bonchev–Trinajstić information content (AvgIpc) is 2.83. The largest absolute Gasteiger partial charge is 0.312 e. The second kappa shape index (κ2) is 10.3. The SMILES string of the molecule is CCCCNCc1sc(CN(CC)CC)nc1CCC. The van der Waals surface area contributed by atoms with Crippen LogP contribution in [0.4, 0.5) is 0 Å². The van der Waals surface area contributed by atoms with Crippen LogP contribution in [0.5, 0.6) is 0 Å². The summed E-state index contributed by atoms with van der Waals surface area (Å²) in [6.45, 7) is 14.2. The molecule has 0 aromatic carbocycles. The van der Waals surface area contributed by atoms with Crippen LogP contribution in [0.1, 0.15) is 62.5 Å². The Morgan fingerprint density at radius 2 is 1.85 bits per heavy atom. The lowest BCUT2D eigenvalue weighted by Gasteiger charge is -2.15. The molecule has 0 bridgehead atoms. The first-order chi connectivity index (χ1) is 9.74. The van der Waals surface area contributed by atoms with Gasteiger partial charge in [0, 0.05) is 11.4 Å². The molecular weight excluding hydrogens is 266 g/mol. The summed E-state index contributed by atoms with van der Waals surface area (Å²) in [7, 11) is 0. The van der Waals surface area contributed by atoms with E-state index in [0.29, 0.717) is 0 Å². The van der Waals surface area contributed by atoms with Gasteiger partial charge >= 0.3 is 0 Å². The first-order valence-electron chi connectivity index (χ1n) is 8.15. The molecule has 0 unspecified atom stereocenters. The van der Waals surface area contributed by atoms with Crippen LogP contribution in [-0.4, -0.2) is 29.5 Å². The predicted molar refractivity (Wildman–Crippen MR) is 89.3 cm³/mol. The van der Waals surface area contributed by atoms with Crippen molar-refractivity contribution in [2.75, 3.05) is 19.6 Å². The minimum absolute atomic E-state index is 0.991. The number of unbranched alkanes of at least 4 members (excludes halogenated alkanes) is 1. The molecule has 0 amide bonds. The van der Waals surface area contributed by atoms with Gasteiger partial charge in [-0.15, -0.1) is 11.3 Å². The van der Waals surface area contributed by atoms with E-state index in [1.54, 1.807) is 0 Å². The minimum Gasteiger partial charge on any atom is -0.312 e.